The van der Waals surface area contributed by atoms with Crippen LogP contribution in [0.4, 0.5) is 29.0 Å². The first-order valence-corrected chi connectivity index (χ1v) is 19.7. The summed E-state index contributed by atoms with van der Waals surface area (Å²) >= 11 is 3.60. The highest BCUT2D eigenvalue weighted by Gasteiger charge is 2.29. The van der Waals surface area contributed by atoms with Gasteiger partial charge in [-0.2, -0.15) is 15.1 Å². The number of aromatic nitrogens is 6. The molecule has 13 nitrogen and oxygen atoms in total. The van der Waals surface area contributed by atoms with Crippen LogP contribution in [0.25, 0.3) is 22.0 Å². The lowest BCUT2D eigenvalue weighted by Gasteiger charge is -2.40. The number of hydrogen-bond acceptors (Lipinski definition) is 12. The molecule has 0 atom stereocenters. The molecule has 0 saturated carbocycles. The molecule has 0 amide bonds. The van der Waals surface area contributed by atoms with Crippen molar-refractivity contribution in [2.75, 3.05) is 75.4 Å². The van der Waals surface area contributed by atoms with Gasteiger partial charge in [0.25, 0.3) is 0 Å². The maximum Gasteiger partial charge on any atom is 0.239 e. The number of anilines is 5. The average molecular weight is 748 g/mol. The van der Waals surface area contributed by atoms with Crippen molar-refractivity contribution < 1.29 is 14.0 Å². The number of rotatable bonds is 9. The molecule has 256 valence electrons. The largest absolute Gasteiger partial charge is 0.479 e. The second-order valence-electron chi connectivity index (χ2n) is 12.7. The summed E-state index contributed by atoms with van der Waals surface area (Å²) in [6.45, 7) is 8.89. The normalized spacial score (nSPS) is 16.2. The molecule has 5 aromatic rings. The molecule has 0 radical (unpaired) electrons. The van der Waals surface area contributed by atoms with Gasteiger partial charge in [-0.1, -0.05) is 6.07 Å². The van der Waals surface area contributed by atoms with E-state index in [1.165, 1.54) is 0 Å². The van der Waals surface area contributed by atoms with Crippen molar-refractivity contribution >= 4 is 68.2 Å². The molecule has 1 aromatic carbocycles. The molecule has 2 saturated heterocycles. The van der Waals surface area contributed by atoms with Gasteiger partial charge in [-0.25, -0.2) is 4.98 Å². The van der Waals surface area contributed by atoms with Gasteiger partial charge >= 0.3 is 0 Å². The number of fused-ring (bicyclic) bond motifs is 1. The van der Waals surface area contributed by atoms with Crippen molar-refractivity contribution in [2.24, 2.45) is 7.05 Å². The van der Waals surface area contributed by atoms with Crippen LogP contribution in [0.2, 0.25) is 0 Å². The van der Waals surface area contributed by atoms with E-state index in [9.17, 15) is 4.57 Å². The Bertz CT molecular complexity index is 2020. The first-order chi connectivity index (χ1) is 23.7. The van der Waals surface area contributed by atoms with Gasteiger partial charge in [0, 0.05) is 79.7 Å². The lowest BCUT2D eigenvalue weighted by atomic mass is 10.0. The molecule has 0 bridgehead atoms. The van der Waals surface area contributed by atoms with E-state index >= 15 is 0 Å². The summed E-state index contributed by atoms with van der Waals surface area (Å²) in [5.41, 5.74) is 3.98. The third-order valence-corrected chi connectivity index (χ3v) is 11.2. The fourth-order valence-corrected chi connectivity index (χ4v) is 8.48. The van der Waals surface area contributed by atoms with Gasteiger partial charge in [0.1, 0.15) is 24.5 Å². The number of hydrogen-bond donors (Lipinski definition) is 2. The van der Waals surface area contributed by atoms with Crippen molar-refractivity contribution in [3.05, 3.63) is 59.6 Å². The number of methoxy groups -OCH3 is 1. The van der Waals surface area contributed by atoms with Gasteiger partial charge in [-0.05, 0) is 66.4 Å². The number of pyridine rings is 2. The number of halogens is 1. The molecule has 15 heteroatoms. The Morgan fingerprint density at radius 3 is 2.51 bits per heavy atom. The van der Waals surface area contributed by atoms with E-state index in [1.54, 1.807) is 37.5 Å². The Balaban J connectivity index is 1.20. The Kier molecular flexibility index (Phi) is 9.56. The van der Waals surface area contributed by atoms with Crippen LogP contribution in [0, 0.1) is 0 Å². The van der Waals surface area contributed by atoms with Crippen LogP contribution in [0.1, 0.15) is 12.8 Å². The Morgan fingerprint density at radius 1 is 1.00 bits per heavy atom. The molecule has 0 aliphatic carbocycles. The number of benzene rings is 1. The first-order valence-electron chi connectivity index (χ1n) is 16.3. The summed E-state index contributed by atoms with van der Waals surface area (Å²) in [6.07, 6.45) is 9.36. The van der Waals surface area contributed by atoms with Crippen LogP contribution in [-0.4, -0.2) is 100 Å². The fourth-order valence-electron chi connectivity index (χ4n) is 6.71. The van der Waals surface area contributed by atoms with Crippen LogP contribution < -0.4 is 25.6 Å². The van der Waals surface area contributed by atoms with Crippen LogP contribution in [0.5, 0.6) is 5.88 Å². The van der Waals surface area contributed by atoms with E-state index in [1.807, 2.05) is 49.8 Å². The summed E-state index contributed by atoms with van der Waals surface area (Å²) in [5.74, 6) is 2.13. The zero-order chi connectivity index (χ0) is 34.1. The molecule has 2 fully saturated rings. The number of ether oxygens (including phenoxy) is 2. The number of nitrogens with one attached hydrogen (secondary N) is 2. The molecule has 0 unspecified atom stereocenters. The average Bonchev–Trinajstić information content (AvgIpc) is 3.55. The molecular weight excluding hydrogens is 707 g/mol. The van der Waals surface area contributed by atoms with E-state index < -0.39 is 7.14 Å². The molecule has 2 aliphatic rings. The van der Waals surface area contributed by atoms with Crippen LogP contribution in [0.15, 0.2) is 59.6 Å². The van der Waals surface area contributed by atoms with Gasteiger partial charge in [0.2, 0.25) is 11.8 Å². The highest BCUT2D eigenvalue weighted by atomic mass is 79.9. The Morgan fingerprint density at radius 2 is 1.80 bits per heavy atom. The molecule has 2 aliphatic heterocycles. The van der Waals surface area contributed by atoms with Gasteiger partial charge in [0.05, 0.1) is 42.2 Å². The Labute approximate surface area is 294 Å². The molecule has 49 heavy (non-hydrogen) atoms. The fraction of sp³-hybridized carbons (Fsp3) is 0.382. The zero-order valence-electron chi connectivity index (χ0n) is 28.1. The number of piperidine rings is 1. The van der Waals surface area contributed by atoms with Crippen molar-refractivity contribution in [3.8, 4) is 17.0 Å². The lowest BCUT2D eigenvalue weighted by Crippen LogP contribution is -2.49. The first kappa shape index (κ1) is 33.4. The summed E-state index contributed by atoms with van der Waals surface area (Å²) in [5, 5.41) is 12.8. The lowest BCUT2D eigenvalue weighted by molar-refractivity contribution is 0.0115. The van der Waals surface area contributed by atoms with E-state index in [0.717, 1.165) is 85.4 Å². The molecule has 0 spiro atoms. The van der Waals surface area contributed by atoms with Crippen molar-refractivity contribution in [3.63, 3.8) is 0 Å². The monoisotopic (exact) mass is 746 g/mol. The third kappa shape index (κ3) is 7.14. The third-order valence-electron chi connectivity index (χ3n) is 9.04. The van der Waals surface area contributed by atoms with Gasteiger partial charge in [0.15, 0.2) is 0 Å². The van der Waals surface area contributed by atoms with Gasteiger partial charge in [-0.3, -0.25) is 14.6 Å². The van der Waals surface area contributed by atoms with Crippen LogP contribution in [-0.2, 0) is 16.3 Å². The minimum absolute atomic E-state index is 0.335. The zero-order valence-corrected chi connectivity index (χ0v) is 30.5. The predicted molar refractivity (Wildman–Crippen MR) is 198 cm³/mol. The molecule has 6 heterocycles. The van der Waals surface area contributed by atoms with E-state index in [2.05, 4.69) is 51.4 Å². The van der Waals surface area contributed by atoms with Crippen molar-refractivity contribution in [1.82, 2.24) is 34.6 Å². The minimum Gasteiger partial charge on any atom is -0.479 e. The molecule has 4 aromatic heterocycles. The van der Waals surface area contributed by atoms with Crippen LogP contribution in [0.3, 0.4) is 0 Å². The van der Waals surface area contributed by atoms with E-state index in [0.29, 0.717) is 39.5 Å². The smallest absolute Gasteiger partial charge is 0.239 e. The second kappa shape index (κ2) is 14.0. The standard InChI is InChI=1S/C34H40BrN10O3P/c1-43-21-22(19-38-43)25-18-29(33(47-2)42-32(25)45-12-9-23(10-13-45)44-14-16-48-17-15-44)40-34-37-20-26(35)31(41-34)39-28-8-7-27-24(6-5-11-36-27)30(28)49(3,4)46/h5-8,11,18-21,23H,9-10,12-17H2,1-4H3,(H2,37,39,40,41). The minimum atomic E-state index is -2.71. The highest BCUT2D eigenvalue weighted by molar-refractivity contribution is 9.10. The van der Waals surface area contributed by atoms with Crippen molar-refractivity contribution in [2.45, 2.75) is 18.9 Å². The second-order valence-corrected chi connectivity index (χ2v) is 16.7. The topological polar surface area (TPSA) is 135 Å². The van der Waals surface area contributed by atoms with E-state index in [4.69, 9.17) is 19.4 Å². The molecule has 7 rings (SSSR count). The Hall–Kier alpha value is -4.10. The number of nitrogens with zero attached hydrogens (tertiary/aromatic N) is 8. The summed E-state index contributed by atoms with van der Waals surface area (Å²) < 4.78 is 27.4. The molecular formula is C34H40BrN10O3P. The van der Waals surface area contributed by atoms with Crippen LogP contribution >= 0.6 is 23.1 Å². The number of morpholine rings is 1. The summed E-state index contributed by atoms with van der Waals surface area (Å²) in [7, 11) is 0.812. The quantitative estimate of drug-likeness (QED) is 0.181. The predicted octanol–water partition coefficient (Wildman–Crippen LogP) is 5.63. The molecule has 2 N–H and O–H groups in total. The summed E-state index contributed by atoms with van der Waals surface area (Å²) in [6, 6.07) is 10.2. The van der Waals surface area contributed by atoms with Gasteiger partial charge < -0.3 is 29.6 Å². The SMILES string of the molecule is COc1nc(N2CCC(N3CCOCC3)CC2)c(-c2cnn(C)c2)cc1Nc1ncc(Br)c(Nc2ccc3ncccc3c2P(C)(C)=O)n1. The summed E-state index contributed by atoms with van der Waals surface area (Å²) in [4.78, 5) is 23.8. The maximum absolute atomic E-state index is 13.5. The highest BCUT2D eigenvalue weighted by Crippen LogP contribution is 2.42. The number of aryl methyl sites for hydroxylation is 1. The van der Waals surface area contributed by atoms with Gasteiger partial charge in [-0.15, -0.1) is 0 Å². The van der Waals surface area contributed by atoms with E-state index in [-0.39, 0.29) is 0 Å². The maximum atomic E-state index is 13.5. The van der Waals surface area contributed by atoms with Crippen molar-refractivity contribution in [1.29, 1.82) is 0 Å².